The van der Waals surface area contributed by atoms with E-state index in [9.17, 15) is 41.2 Å². The molecule has 77 heavy (non-hydrogen) atoms. The van der Waals surface area contributed by atoms with Gasteiger partial charge in [-0.05, 0) is 75.6 Å². The van der Waals surface area contributed by atoms with Gasteiger partial charge in [-0.2, -0.15) is 36.6 Å². The number of nitriles is 1. The van der Waals surface area contributed by atoms with Crippen LogP contribution in [-0.4, -0.2) is 113 Å². The largest absolute Gasteiger partial charge is 0.497 e. The van der Waals surface area contributed by atoms with Crippen LogP contribution >= 0.6 is 8.53 Å². The van der Waals surface area contributed by atoms with Gasteiger partial charge in [0, 0.05) is 12.1 Å². The van der Waals surface area contributed by atoms with Crippen LogP contribution in [0.4, 0.5) is 32.3 Å². The first-order valence-corrected chi connectivity index (χ1v) is 25.5. The predicted octanol–water partition coefficient (Wildman–Crippen LogP) is 10.1. The molecular weight excluding hydrogens is 1040 g/mol. The van der Waals surface area contributed by atoms with Gasteiger partial charge in [-0.25, -0.2) is 9.65 Å². The Labute approximate surface area is 441 Å². The Morgan fingerprint density at radius 2 is 1.48 bits per heavy atom. The van der Waals surface area contributed by atoms with Gasteiger partial charge in [0.2, 0.25) is 5.95 Å². The highest BCUT2D eigenvalue weighted by Crippen LogP contribution is 2.52. The number of aromatic nitrogens is 4. The standard InChI is InChI=1S/C53H58F6N7O10P/c1-33(2)66(34(3)4)77(74-27-13-26-60)76-45-41(28-73-51(36-14-9-7-10-15-36,37-20-18-35(5)19-21-37)38-22-24-39(69-6)25-23-38)75-49(46(45)72-32-70-29-42(52(54,55)56)53(57,58)59)65-31-61-44-47(65)63-50(64-48(44)68)62-43(67)30-71-40-16-11-8-12-17-40/h7-12,14-25,31,33-34,41-42,45-46,49H,13,27-30,32H2,1-6H3,(H2,62,63,64,67,68)/t41-,45+,46?,49-,51?,77?/m1/s1. The van der Waals surface area contributed by atoms with E-state index in [-0.39, 0.29) is 48.8 Å². The lowest BCUT2D eigenvalue weighted by Crippen LogP contribution is -2.43. The highest BCUT2D eigenvalue weighted by molar-refractivity contribution is 7.44. The number of ether oxygens (including phenoxy) is 6. The van der Waals surface area contributed by atoms with Gasteiger partial charge in [0.1, 0.15) is 42.2 Å². The lowest BCUT2D eigenvalue weighted by atomic mass is 9.79. The monoisotopic (exact) mass is 1100 g/mol. The zero-order chi connectivity index (χ0) is 55.5. The number of hydrogen-bond donors (Lipinski definition) is 2. The van der Waals surface area contributed by atoms with Gasteiger partial charge in [0.25, 0.3) is 20.0 Å². The van der Waals surface area contributed by atoms with E-state index in [4.69, 9.17) is 37.5 Å². The van der Waals surface area contributed by atoms with Crippen molar-refractivity contribution in [2.75, 3.05) is 45.6 Å². The minimum absolute atomic E-state index is 0.0492. The Hall–Kier alpha value is -6.48. The Bertz CT molecular complexity index is 2930. The van der Waals surface area contributed by atoms with Crippen molar-refractivity contribution in [3.8, 4) is 17.6 Å². The lowest BCUT2D eigenvalue weighted by molar-refractivity contribution is -0.299. The van der Waals surface area contributed by atoms with E-state index in [2.05, 4.69) is 20.3 Å². The maximum atomic E-state index is 13.8. The zero-order valence-corrected chi connectivity index (χ0v) is 43.7. The fraction of sp³-hybridized carbons (Fsp3) is 0.415. The molecule has 17 nitrogen and oxygen atoms in total. The van der Waals surface area contributed by atoms with Gasteiger partial charge in [-0.15, -0.1) is 0 Å². The van der Waals surface area contributed by atoms with E-state index in [1.807, 2.05) is 112 Å². The molecule has 1 amide bonds. The van der Waals surface area contributed by atoms with Crippen molar-refractivity contribution in [3.05, 3.63) is 148 Å². The van der Waals surface area contributed by atoms with Crippen molar-refractivity contribution in [2.45, 2.75) is 95.6 Å². The normalized spacial score (nSPS) is 18.2. The van der Waals surface area contributed by atoms with Crippen LogP contribution in [0.2, 0.25) is 0 Å². The molecule has 1 fully saturated rings. The third kappa shape index (κ3) is 14.2. The molecule has 2 aromatic heterocycles. The average Bonchev–Trinajstić information content (AvgIpc) is 4.13. The number of anilines is 1. The highest BCUT2D eigenvalue weighted by atomic mass is 31.2. The third-order valence-electron chi connectivity index (χ3n) is 12.3. The number of hydrogen-bond acceptors (Lipinski definition) is 14. The van der Waals surface area contributed by atoms with E-state index >= 15 is 0 Å². The first kappa shape index (κ1) is 58.2. The number of nitrogens with one attached hydrogen (secondary N) is 2. The molecule has 0 aliphatic carbocycles. The molecule has 1 saturated heterocycles. The third-order valence-corrected chi connectivity index (χ3v) is 14.4. The number of halogens is 6. The fourth-order valence-corrected chi connectivity index (χ4v) is 10.5. The number of alkyl halides is 6. The number of aromatic amines is 1. The van der Waals surface area contributed by atoms with Gasteiger partial charge >= 0.3 is 12.4 Å². The van der Waals surface area contributed by atoms with Crippen molar-refractivity contribution in [3.63, 3.8) is 0 Å². The smallest absolute Gasteiger partial charge is 0.402 e. The summed E-state index contributed by atoms with van der Waals surface area (Å²) in [6.07, 6.45) is -16.1. The van der Waals surface area contributed by atoms with Crippen molar-refractivity contribution in [2.24, 2.45) is 5.92 Å². The number of nitrogens with zero attached hydrogens (tertiary/aromatic N) is 5. The molecule has 7 rings (SSSR count). The quantitative estimate of drug-likeness (QED) is 0.0181. The first-order chi connectivity index (χ1) is 36.7. The summed E-state index contributed by atoms with van der Waals surface area (Å²) in [5.41, 5.74) is 0.252. The molecule has 4 aromatic carbocycles. The summed E-state index contributed by atoms with van der Waals surface area (Å²) in [7, 11) is -0.678. The van der Waals surface area contributed by atoms with Crippen LogP contribution in [0.25, 0.3) is 11.2 Å². The van der Waals surface area contributed by atoms with Crippen molar-refractivity contribution in [1.82, 2.24) is 24.2 Å². The summed E-state index contributed by atoms with van der Waals surface area (Å²) in [6, 6.07) is 34.2. The number of rotatable bonds is 25. The molecule has 3 heterocycles. The van der Waals surface area contributed by atoms with E-state index in [1.165, 1.54) is 18.0 Å². The number of methoxy groups -OCH3 is 1. The maximum absolute atomic E-state index is 13.8. The molecule has 2 N–H and O–H groups in total. The lowest BCUT2D eigenvalue weighted by Gasteiger charge is -2.39. The summed E-state index contributed by atoms with van der Waals surface area (Å²) in [4.78, 5) is 38.1. The summed E-state index contributed by atoms with van der Waals surface area (Å²) in [5.74, 6) is -3.97. The maximum Gasteiger partial charge on any atom is 0.402 e. The van der Waals surface area contributed by atoms with Gasteiger partial charge in [-0.3, -0.25) is 24.5 Å². The Morgan fingerprint density at radius 3 is 2.08 bits per heavy atom. The van der Waals surface area contributed by atoms with Crippen LogP contribution < -0.4 is 20.3 Å². The molecule has 0 bridgehead atoms. The predicted molar refractivity (Wildman–Crippen MR) is 270 cm³/mol. The van der Waals surface area contributed by atoms with E-state index in [0.717, 1.165) is 5.56 Å². The number of benzene rings is 4. The number of carbonyl (C=O) groups excluding carboxylic acids is 1. The van der Waals surface area contributed by atoms with Crippen LogP contribution in [0, 0.1) is 24.2 Å². The molecule has 0 spiro atoms. The van der Waals surface area contributed by atoms with Crippen molar-refractivity contribution in [1.29, 1.82) is 5.26 Å². The fourth-order valence-electron chi connectivity index (χ4n) is 8.69. The van der Waals surface area contributed by atoms with Gasteiger partial charge in [0.15, 0.2) is 29.9 Å². The molecule has 24 heteroatoms. The summed E-state index contributed by atoms with van der Waals surface area (Å²) >= 11 is 0. The number of imidazole rings is 1. The molecule has 6 atom stereocenters. The van der Waals surface area contributed by atoms with Crippen LogP contribution in [0.1, 0.15) is 62.6 Å². The first-order valence-electron chi connectivity index (χ1n) is 24.3. The van der Waals surface area contributed by atoms with E-state index in [1.54, 1.807) is 42.5 Å². The minimum atomic E-state index is -5.72. The topological polar surface area (TPSA) is 194 Å². The molecular formula is C53H58F6N7O10P. The molecule has 0 radical (unpaired) electrons. The molecule has 6 aromatic rings. The molecule has 3 unspecified atom stereocenters. The molecule has 1 aliphatic heterocycles. The van der Waals surface area contributed by atoms with Gasteiger partial charge in [-0.1, -0.05) is 90.5 Å². The van der Waals surface area contributed by atoms with Crippen LogP contribution in [-0.2, 0) is 38.4 Å². The molecule has 412 valence electrons. The van der Waals surface area contributed by atoms with Crippen LogP contribution in [0.3, 0.4) is 0 Å². The number of H-pyrrole nitrogens is 1. The van der Waals surface area contributed by atoms with Gasteiger partial charge in [0.05, 0.1) is 45.7 Å². The van der Waals surface area contributed by atoms with Crippen molar-refractivity contribution >= 4 is 31.5 Å². The number of aryl methyl sites for hydroxylation is 1. The minimum Gasteiger partial charge on any atom is -0.497 e. The van der Waals surface area contributed by atoms with E-state index < -0.39 is 88.4 Å². The van der Waals surface area contributed by atoms with Crippen LogP contribution in [0.15, 0.2) is 120 Å². The second kappa shape index (κ2) is 25.8. The number of fused-ring (bicyclic) bond motifs is 1. The second-order valence-corrected chi connectivity index (χ2v) is 19.7. The SMILES string of the molecule is COc1ccc(C(OC[C@H]2O[C@@H](n3cnc4c(=O)[nH]c(NC(=O)COc5ccccc5)nc43)C(OCOCC(C(F)(F)F)C(F)(F)F)[C@H]2OP(OCCC#N)N(C(C)C)C(C)C)(c2ccccc2)c2ccc(C)cc2)cc1. The average molecular weight is 1100 g/mol. The van der Waals surface area contributed by atoms with E-state index in [0.29, 0.717) is 28.2 Å². The summed E-state index contributed by atoms with van der Waals surface area (Å²) in [6.45, 7) is 5.48. The summed E-state index contributed by atoms with van der Waals surface area (Å²) < 4.78 is 136. The van der Waals surface area contributed by atoms with Gasteiger partial charge < -0.3 is 37.5 Å². The number of amides is 1. The second-order valence-electron chi connectivity index (χ2n) is 18.3. The number of carbonyl (C=O) groups is 1. The van der Waals surface area contributed by atoms with Crippen molar-refractivity contribution < 1.29 is 68.6 Å². The van der Waals surface area contributed by atoms with Crippen LogP contribution in [0.5, 0.6) is 11.5 Å². The molecule has 1 aliphatic rings. The Balaban J connectivity index is 1.37. The zero-order valence-electron chi connectivity index (χ0n) is 42.8. The number of para-hydroxylation sites is 1. The Morgan fingerprint density at radius 1 is 0.870 bits per heavy atom. The molecule has 0 saturated carbocycles. The highest BCUT2D eigenvalue weighted by Gasteiger charge is 2.57. The summed E-state index contributed by atoms with van der Waals surface area (Å²) in [5, 5.41) is 12.1. The Kier molecular flexibility index (Phi) is 19.5.